The maximum absolute atomic E-state index is 14.4. The lowest BCUT2D eigenvalue weighted by Crippen LogP contribution is -2.50. The number of benzene rings is 2. The van der Waals surface area contributed by atoms with Crippen LogP contribution in [0.15, 0.2) is 61.1 Å². The van der Waals surface area contributed by atoms with Crippen LogP contribution in [0.1, 0.15) is 44.1 Å². The van der Waals surface area contributed by atoms with Crippen molar-refractivity contribution in [3.63, 3.8) is 0 Å². The highest BCUT2D eigenvalue weighted by atomic mass is 32.2. The number of hydrogen-bond donors (Lipinski definition) is 3. The molecule has 2 amide bonds. The monoisotopic (exact) mass is 639 g/mol. The van der Waals surface area contributed by atoms with Crippen LogP contribution in [0.4, 0.5) is 20.6 Å². The molecule has 1 aliphatic heterocycles. The summed E-state index contributed by atoms with van der Waals surface area (Å²) in [6.07, 6.45) is 4.54. The van der Waals surface area contributed by atoms with E-state index < -0.39 is 39.7 Å². The summed E-state index contributed by atoms with van der Waals surface area (Å²) in [6.45, 7) is 5.67. The molecule has 3 N–H and O–H groups in total. The van der Waals surface area contributed by atoms with Crippen LogP contribution in [-0.4, -0.2) is 66.6 Å². The molecule has 1 saturated heterocycles. The Morgan fingerprint density at radius 3 is 2.53 bits per heavy atom. The van der Waals surface area contributed by atoms with Crippen LogP contribution >= 0.6 is 0 Å². The number of amides is 2. The van der Waals surface area contributed by atoms with Gasteiger partial charge in [0.05, 0.1) is 18.5 Å². The lowest BCUT2D eigenvalue weighted by molar-refractivity contribution is 0.0569. The van der Waals surface area contributed by atoms with Crippen molar-refractivity contribution in [1.82, 2.24) is 23.8 Å². The van der Waals surface area contributed by atoms with Gasteiger partial charge in [0.1, 0.15) is 28.6 Å². The molecule has 45 heavy (non-hydrogen) atoms. The van der Waals surface area contributed by atoms with Crippen molar-refractivity contribution >= 4 is 39.2 Å². The van der Waals surface area contributed by atoms with Gasteiger partial charge in [-0.15, -0.1) is 0 Å². The minimum atomic E-state index is -4.16. The van der Waals surface area contributed by atoms with Crippen LogP contribution in [0.3, 0.4) is 0 Å². The summed E-state index contributed by atoms with van der Waals surface area (Å²) < 4.78 is 55.9. The second-order valence-corrected chi connectivity index (χ2v) is 12.9. The van der Waals surface area contributed by atoms with E-state index in [0.717, 1.165) is 0 Å². The molecule has 0 spiro atoms. The molecular formula is C30H34FN7O6S. The normalized spacial score (nSPS) is 14.3. The van der Waals surface area contributed by atoms with Crippen LogP contribution in [0.25, 0.3) is 16.9 Å². The van der Waals surface area contributed by atoms with Gasteiger partial charge < -0.3 is 24.1 Å². The number of hydrogen-bond acceptors (Lipinski definition) is 9. The minimum Gasteiger partial charge on any atom is -0.496 e. The first-order chi connectivity index (χ1) is 21.3. The molecule has 2 aromatic heterocycles. The number of para-hydroxylation sites is 1. The maximum atomic E-state index is 14.4. The van der Waals surface area contributed by atoms with Crippen molar-refractivity contribution in [3.05, 3.63) is 72.6 Å². The number of nitrogens with zero attached hydrogens (tertiary/aromatic N) is 4. The van der Waals surface area contributed by atoms with Crippen molar-refractivity contribution in [2.75, 3.05) is 30.4 Å². The van der Waals surface area contributed by atoms with Crippen molar-refractivity contribution in [3.8, 4) is 17.0 Å². The maximum Gasteiger partial charge on any atom is 0.422 e. The predicted molar refractivity (Wildman–Crippen MR) is 166 cm³/mol. The van der Waals surface area contributed by atoms with Gasteiger partial charge in [-0.1, -0.05) is 12.1 Å². The molecule has 1 fully saturated rings. The van der Waals surface area contributed by atoms with E-state index in [1.165, 1.54) is 12.1 Å². The number of carbonyl (C=O) groups is 2. The molecule has 238 valence electrons. The lowest BCUT2D eigenvalue weighted by atomic mass is 10.0. The number of anilines is 2. The Bertz CT molecular complexity index is 1830. The quantitative estimate of drug-likeness (QED) is 0.258. The molecule has 0 aliphatic carbocycles. The number of methoxy groups -OCH3 is 1. The number of aromatic nitrogens is 3. The molecular weight excluding hydrogens is 605 g/mol. The number of nitrogens with one attached hydrogen (secondary N) is 3. The van der Waals surface area contributed by atoms with Crippen molar-refractivity contribution in [1.29, 1.82) is 0 Å². The van der Waals surface area contributed by atoms with E-state index in [9.17, 15) is 22.4 Å². The molecule has 0 saturated carbocycles. The molecule has 13 nitrogen and oxygen atoms in total. The largest absolute Gasteiger partial charge is 0.496 e. The first-order valence-electron chi connectivity index (χ1n) is 14.2. The second-order valence-electron chi connectivity index (χ2n) is 11.4. The molecule has 5 rings (SSSR count). The number of fused-ring (bicyclic) bond motifs is 1. The first-order valence-corrected chi connectivity index (χ1v) is 15.7. The van der Waals surface area contributed by atoms with E-state index in [4.69, 9.17) is 9.47 Å². The van der Waals surface area contributed by atoms with Crippen LogP contribution in [0.5, 0.6) is 5.75 Å². The summed E-state index contributed by atoms with van der Waals surface area (Å²) in [6, 6.07) is 10.9. The van der Waals surface area contributed by atoms with Gasteiger partial charge in [-0.25, -0.2) is 23.9 Å². The average molecular weight is 640 g/mol. The summed E-state index contributed by atoms with van der Waals surface area (Å²) in [4.78, 5) is 36.4. The SMILES string of the molecule is COc1ccccc1-c1nc(C(=O)Nc2cc(F)ccc2N2CCC(NS(=O)(=O)NC(=O)OC(C)(C)C)CC2)cn2ccnc12. The molecule has 1 aliphatic rings. The molecule has 0 bridgehead atoms. The Morgan fingerprint density at radius 2 is 1.82 bits per heavy atom. The van der Waals surface area contributed by atoms with Gasteiger partial charge in [0.25, 0.3) is 5.91 Å². The summed E-state index contributed by atoms with van der Waals surface area (Å²) in [5.74, 6) is -0.548. The smallest absolute Gasteiger partial charge is 0.422 e. The van der Waals surface area contributed by atoms with Crippen LogP contribution in [-0.2, 0) is 14.9 Å². The molecule has 3 heterocycles. The molecule has 15 heteroatoms. The fourth-order valence-corrected chi connectivity index (χ4v) is 6.02. The van der Waals surface area contributed by atoms with Gasteiger partial charge in [-0.2, -0.15) is 13.1 Å². The third kappa shape index (κ3) is 7.67. The fraction of sp³-hybridized carbons (Fsp3) is 0.333. The van der Waals surface area contributed by atoms with E-state index in [1.54, 1.807) is 63.0 Å². The van der Waals surface area contributed by atoms with Crippen molar-refractivity contribution in [2.24, 2.45) is 0 Å². The number of imidazole rings is 1. The highest BCUT2D eigenvalue weighted by Crippen LogP contribution is 2.32. The first kappa shape index (κ1) is 31.7. The number of rotatable bonds is 8. The van der Waals surface area contributed by atoms with Gasteiger partial charge in [-0.05, 0) is 63.9 Å². The number of piperidine rings is 1. The van der Waals surface area contributed by atoms with Gasteiger partial charge in [0.15, 0.2) is 5.65 Å². The van der Waals surface area contributed by atoms with E-state index in [1.807, 2.05) is 27.8 Å². The number of halogens is 1. The Hall–Kier alpha value is -4.76. The Labute approximate surface area is 259 Å². The Morgan fingerprint density at radius 1 is 1.09 bits per heavy atom. The molecule has 0 atom stereocenters. The summed E-state index contributed by atoms with van der Waals surface area (Å²) in [5.41, 5.74) is 1.63. The average Bonchev–Trinajstić information content (AvgIpc) is 3.45. The van der Waals surface area contributed by atoms with Gasteiger partial charge in [0, 0.05) is 43.3 Å². The fourth-order valence-electron chi connectivity index (χ4n) is 5.03. The van der Waals surface area contributed by atoms with Crippen LogP contribution in [0, 0.1) is 5.82 Å². The molecule has 0 unspecified atom stereocenters. The number of ether oxygens (including phenoxy) is 2. The third-order valence-corrected chi connectivity index (χ3v) is 8.03. The summed E-state index contributed by atoms with van der Waals surface area (Å²) in [5, 5.41) is 2.80. The third-order valence-electron chi connectivity index (χ3n) is 6.95. The summed E-state index contributed by atoms with van der Waals surface area (Å²) >= 11 is 0. The van der Waals surface area contributed by atoms with Crippen molar-refractivity contribution < 1.29 is 31.9 Å². The summed E-state index contributed by atoms with van der Waals surface area (Å²) in [7, 11) is -2.61. The Balaban J connectivity index is 1.31. The van der Waals surface area contributed by atoms with E-state index in [2.05, 4.69) is 20.0 Å². The van der Waals surface area contributed by atoms with Crippen molar-refractivity contribution in [2.45, 2.75) is 45.3 Å². The number of carbonyl (C=O) groups excluding carboxylic acids is 2. The molecule has 0 radical (unpaired) electrons. The highest BCUT2D eigenvalue weighted by molar-refractivity contribution is 7.88. The topological polar surface area (TPSA) is 156 Å². The van der Waals surface area contributed by atoms with E-state index in [-0.39, 0.29) is 11.4 Å². The van der Waals surface area contributed by atoms with Gasteiger partial charge >= 0.3 is 16.3 Å². The minimum absolute atomic E-state index is 0.0715. The van der Waals surface area contributed by atoms with Crippen LogP contribution < -0.4 is 24.4 Å². The van der Waals surface area contributed by atoms with Gasteiger partial charge in [-0.3, -0.25) is 4.79 Å². The zero-order valence-corrected chi connectivity index (χ0v) is 26.0. The zero-order valence-electron chi connectivity index (χ0n) is 25.2. The van der Waals surface area contributed by atoms with E-state index in [0.29, 0.717) is 54.3 Å². The molecule has 2 aromatic carbocycles. The van der Waals surface area contributed by atoms with Crippen LogP contribution in [0.2, 0.25) is 0 Å². The zero-order chi connectivity index (χ0) is 32.4. The highest BCUT2D eigenvalue weighted by Gasteiger charge is 2.28. The molecule has 4 aromatic rings. The van der Waals surface area contributed by atoms with E-state index >= 15 is 0 Å². The lowest BCUT2D eigenvalue weighted by Gasteiger charge is -2.34. The standard InChI is InChI=1S/C30H34FN7O6S/c1-30(2,3)44-29(40)36-45(41,42)35-20-11-14-37(15-12-20)24-10-9-19(31)17-22(24)34-28(39)23-18-38-16-13-32-27(38)26(33-23)21-7-5-6-8-25(21)43-4/h5-10,13,16-18,20,35H,11-12,14-15H2,1-4H3,(H,34,39)(H,36,40). The second kappa shape index (κ2) is 12.7. The predicted octanol–water partition coefficient (Wildman–Crippen LogP) is 4.12. The van der Waals surface area contributed by atoms with Gasteiger partial charge in [0.2, 0.25) is 0 Å². The Kier molecular flexibility index (Phi) is 8.93.